The molecule has 112 valence electrons. The summed E-state index contributed by atoms with van der Waals surface area (Å²) in [7, 11) is 0. The zero-order chi connectivity index (χ0) is 14.9. The van der Waals surface area contributed by atoms with Gasteiger partial charge in [0.05, 0.1) is 17.6 Å². The lowest BCUT2D eigenvalue weighted by atomic mass is 9.90. The molecule has 5 rings (SSSR count). The number of hydrogen-bond acceptors (Lipinski definition) is 6. The van der Waals surface area contributed by atoms with Gasteiger partial charge in [0.15, 0.2) is 5.65 Å². The van der Waals surface area contributed by atoms with Crippen molar-refractivity contribution in [3.05, 3.63) is 23.1 Å². The van der Waals surface area contributed by atoms with E-state index in [9.17, 15) is 0 Å². The van der Waals surface area contributed by atoms with E-state index in [-0.39, 0.29) is 5.60 Å². The topological polar surface area (TPSA) is 69.6 Å². The Morgan fingerprint density at radius 1 is 1.27 bits per heavy atom. The highest BCUT2D eigenvalue weighted by Gasteiger charge is 2.33. The molecule has 22 heavy (non-hydrogen) atoms. The molecule has 4 aromatic rings. The van der Waals surface area contributed by atoms with Crippen LogP contribution >= 0.6 is 11.3 Å². The summed E-state index contributed by atoms with van der Waals surface area (Å²) in [6, 6.07) is 0. The van der Waals surface area contributed by atoms with E-state index >= 15 is 0 Å². The van der Waals surface area contributed by atoms with Gasteiger partial charge in [-0.05, 0) is 18.9 Å². The predicted molar refractivity (Wildman–Crippen MR) is 82.1 cm³/mol. The smallest absolute Gasteiger partial charge is 0.243 e. The summed E-state index contributed by atoms with van der Waals surface area (Å²) < 4.78 is 10.0. The Hall–Kier alpha value is -2.06. The third-order valence-electron chi connectivity index (χ3n) is 4.66. The van der Waals surface area contributed by atoms with Gasteiger partial charge < -0.3 is 4.74 Å². The van der Waals surface area contributed by atoms with Gasteiger partial charge in [-0.15, -0.1) is 31.7 Å². The number of ether oxygens (including phenoxy) is 1. The van der Waals surface area contributed by atoms with E-state index in [2.05, 4.69) is 34.2 Å². The molecule has 0 fully saturated rings. The summed E-state index contributed by atoms with van der Waals surface area (Å²) in [5.74, 6) is 0.741. The fraction of sp³-hybridized carbons (Fsp3) is 0.429. The monoisotopic (exact) mass is 314 g/mol. The standard InChI is InChI=1S/C14H14N6OS/c1-3-14(2)4-8-9(5-21-14)22-12-10(8)11-17-15-6-19(11)13-18-16-7-20(12)13/h6-7H,3-5H2,1-2H3/t14-/m0/s1. The van der Waals surface area contributed by atoms with Gasteiger partial charge in [-0.25, -0.2) is 4.40 Å². The second kappa shape index (κ2) is 4.02. The van der Waals surface area contributed by atoms with Crippen molar-refractivity contribution in [1.29, 1.82) is 0 Å². The highest BCUT2D eigenvalue weighted by atomic mass is 32.1. The van der Waals surface area contributed by atoms with E-state index in [4.69, 9.17) is 4.74 Å². The number of aromatic nitrogens is 6. The molecular formula is C14H14N6OS. The van der Waals surface area contributed by atoms with Crippen molar-refractivity contribution in [1.82, 2.24) is 29.2 Å². The Balaban J connectivity index is 1.95. The first-order valence-electron chi connectivity index (χ1n) is 7.30. The second-order valence-corrected chi connectivity index (χ2v) is 7.06. The van der Waals surface area contributed by atoms with Crippen LogP contribution in [0.4, 0.5) is 0 Å². The Labute approximate surface area is 129 Å². The molecule has 1 aliphatic heterocycles. The minimum absolute atomic E-state index is 0.111. The lowest BCUT2D eigenvalue weighted by Crippen LogP contribution is -2.33. The van der Waals surface area contributed by atoms with Crippen LogP contribution in [0.25, 0.3) is 21.6 Å². The lowest BCUT2D eigenvalue weighted by molar-refractivity contribution is -0.0542. The van der Waals surface area contributed by atoms with Crippen LogP contribution in [0.15, 0.2) is 12.7 Å². The number of fused-ring (bicyclic) bond motifs is 8. The summed E-state index contributed by atoms with van der Waals surface area (Å²) in [6.07, 6.45) is 5.33. The summed E-state index contributed by atoms with van der Waals surface area (Å²) in [5.41, 5.74) is 2.08. The van der Waals surface area contributed by atoms with Crippen molar-refractivity contribution >= 4 is 33.0 Å². The molecular weight excluding hydrogens is 300 g/mol. The fourth-order valence-electron chi connectivity index (χ4n) is 3.18. The van der Waals surface area contributed by atoms with Crippen LogP contribution in [-0.4, -0.2) is 34.8 Å². The third kappa shape index (κ3) is 1.43. The van der Waals surface area contributed by atoms with Gasteiger partial charge >= 0.3 is 0 Å². The molecule has 1 atom stereocenters. The highest BCUT2D eigenvalue weighted by molar-refractivity contribution is 7.19. The van der Waals surface area contributed by atoms with Gasteiger partial charge in [-0.3, -0.25) is 4.40 Å². The van der Waals surface area contributed by atoms with E-state index in [0.29, 0.717) is 6.61 Å². The summed E-state index contributed by atoms with van der Waals surface area (Å²) in [5, 5.41) is 17.8. The van der Waals surface area contributed by atoms with E-state index < -0.39 is 0 Å². The number of hydrogen-bond donors (Lipinski definition) is 0. The molecule has 8 heteroatoms. The zero-order valence-electron chi connectivity index (χ0n) is 12.3. The second-order valence-electron chi connectivity index (χ2n) is 5.98. The first-order valence-corrected chi connectivity index (χ1v) is 8.11. The zero-order valence-corrected chi connectivity index (χ0v) is 13.1. The van der Waals surface area contributed by atoms with E-state index in [1.54, 1.807) is 24.0 Å². The molecule has 0 radical (unpaired) electrons. The molecule has 0 spiro atoms. The van der Waals surface area contributed by atoms with Crippen LogP contribution in [-0.2, 0) is 17.8 Å². The van der Waals surface area contributed by atoms with Gasteiger partial charge in [0, 0.05) is 11.3 Å². The maximum absolute atomic E-state index is 6.08. The van der Waals surface area contributed by atoms with Gasteiger partial charge in [0.2, 0.25) is 5.78 Å². The quantitative estimate of drug-likeness (QED) is 0.539. The average molecular weight is 314 g/mol. The van der Waals surface area contributed by atoms with E-state index in [0.717, 1.165) is 34.5 Å². The summed E-state index contributed by atoms with van der Waals surface area (Å²) >= 11 is 1.74. The molecule has 0 saturated heterocycles. The van der Waals surface area contributed by atoms with Crippen molar-refractivity contribution in [2.75, 3.05) is 0 Å². The van der Waals surface area contributed by atoms with Crippen LogP contribution < -0.4 is 0 Å². The Morgan fingerprint density at radius 3 is 2.95 bits per heavy atom. The molecule has 0 bridgehead atoms. The molecule has 4 aromatic heterocycles. The predicted octanol–water partition coefficient (Wildman–Crippen LogP) is 2.23. The molecule has 0 aliphatic carbocycles. The minimum atomic E-state index is -0.111. The Morgan fingerprint density at radius 2 is 2.09 bits per heavy atom. The van der Waals surface area contributed by atoms with Crippen molar-refractivity contribution < 1.29 is 4.74 Å². The van der Waals surface area contributed by atoms with Crippen LogP contribution in [0, 0.1) is 0 Å². The van der Waals surface area contributed by atoms with Crippen LogP contribution in [0.3, 0.4) is 0 Å². The summed E-state index contributed by atoms with van der Waals surface area (Å²) in [6.45, 7) is 5.00. The maximum Gasteiger partial charge on any atom is 0.243 e. The Kier molecular flexibility index (Phi) is 2.28. The third-order valence-corrected chi connectivity index (χ3v) is 5.86. The van der Waals surface area contributed by atoms with Gasteiger partial charge in [0.25, 0.3) is 0 Å². The molecule has 0 saturated carbocycles. The van der Waals surface area contributed by atoms with Gasteiger partial charge in [0.1, 0.15) is 17.5 Å². The van der Waals surface area contributed by atoms with Crippen molar-refractivity contribution in [2.24, 2.45) is 0 Å². The average Bonchev–Trinajstić information content (AvgIpc) is 3.22. The molecule has 5 heterocycles. The summed E-state index contributed by atoms with van der Waals surface area (Å²) in [4.78, 5) is 2.39. The first-order chi connectivity index (χ1) is 10.7. The number of rotatable bonds is 1. The normalized spacial score (nSPS) is 21.9. The Bertz CT molecular complexity index is 1030. The molecule has 0 aromatic carbocycles. The van der Waals surface area contributed by atoms with Crippen molar-refractivity contribution in [3.8, 4) is 0 Å². The number of nitrogens with zero attached hydrogens (tertiary/aromatic N) is 6. The molecule has 0 N–H and O–H groups in total. The maximum atomic E-state index is 6.08. The van der Waals surface area contributed by atoms with E-state index in [1.807, 2.05) is 8.80 Å². The minimum Gasteiger partial charge on any atom is -0.369 e. The van der Waals surface area contributed by atoms with Gasteiger partial charge in [-0.1, -0.05) is 6.92 Å². The lowest BCUT2D eigenvalue weighted by Gasteiger charge is -2.32. The molecule has 1 aliphatic rings. The van der Waals surface area contributed by atoms with Crippen LogP contribution in [0.5, 0.6) is 0 Å². The largest absolute Gasteiger partial charge is 0.369 e. The van der Waals surface area contributed by atoms with Crippen molar-refractivity contribution in [3.63, 3.8) is 0 Å². The first kappa shape index (κ1) is 12.5. The van der Waals surface area contributed by atoms with Crippen LogP contribution in [0.2, 0.25) is 0 Å². The van der Waals surface area contributed by atoms with Crippen molar-refractivity contribution in [2.45, 2.75) is 38.9 Å². The fourth-order valence-corrected chi connectivity index (χ4v) is 4.37. The van der Waals surface area contributed by atoms with Gasteiger partial charge in [-0.2, -0.15) is 0 Å². The molecule has 7 nitrogen and oxygen atoms in total. The van der Waals surface area contributed by atoms with Crippen LogP contribution in [0.1, 0.15) is 30.7 Å². The SMILES string of the molecule is CC[C@@]1(C)Cc2c(sc3c2c2nncn2c2nncn32)CO1. The van der Waals surface area contributed by atoms with E-state index in [1.165, 1.54) is 10.4 Å². The molecule has 0 amide bonds. The highest BCUT2D eigenvalue weighted by Crippen LogP contribution is 2.41. The number of thiophene rings is 1. The molecule has 0 unspecified atom stereocenters.